The standard InChI is InChI=1S/C13H11N7S/c1-7-18-19-11-12(15-4-5-20(7)11)21-13-16-9-3-2-8(14)6-10(9)17-13/h2-6H,14H2,1H3,(H,16,17). The van der Waals surface area contributed by atoms with Crippen molar-refractivity contribution in [2.75, 3.05) is 5.73 Å². The van der Waals surface area contributed by atoms with Gasteiger partial charge in [-0.15, -0.1) is 10.2 Å². The van der Waals surface area contributed by atoms with Gasteiger partial charge in [-0.2, -0.15) is 0 Å². The van der Waals surface area contributed by atoms with E-state index in [9.17, 15) is 0 Å². The first kappa shape index (κ1) is 12.2. The number of anilines is 1. The van der Waals surface area contributed by atoms with E-state index in [1.54, 1.807) is 6.20 Å². The van der Waals surface area contributed by atoms with Gasteiger partial charge in [0.2, 0.25) is 0 Å². The molecule has 0 aliphatic heterocycles. The summed E-state index contributed by atoms with van der Waals surface area (Å²) >= 11 is 1.42. The van der Waals surface area contributed by atoms with Crippen LogP contribution >= 0.6 is 11.8 Å². The summed E-state index contributed by atoms with van der Waals surface area (Å²) < 4.78 is 1.90. The molecule has 0 aliphatic rings. The predicted molar refractivity (Wildman–Crippen MR) is 80.1 cm³/mol. The number of nitrogens with two attached hydrogens (primary N) is 1. The molecular formula is C13H11N7S. The number of rotatable bonds is 2. The Labute approximate surface area is 123 Å². The van der Waals surface area contributed by atoms with E-state index in [0.717, 1.165) is 32.7 Å². The lowest BCUT2D eigenvalue weighted by atomic mass is 10.3. The Morgan fingerprint density at radius 1 is 1.29 bits per heavy atom. The van der Waals surface area contributed by atoms with Crippen LogP contribution in [-0.4, -0.2) is 29.5 Å². The van der Waals surface area contributed by atoms with Crippen molar-refractivity contribution >= 4 is 34.1 Å². The highest BCUT2D eigenvalue weighted by molar-refractivity contribution is 7.99. The topological polar surface area (TPSA) is 97.8 Å². The van der Waals surface area contributed by atoms with E-state index >= 15 is 0 Å². The van der Waals surface area contributed by atoms with Crippen molar-refractivity contribution in [1.82, 2.24) is 29.5 Å². The number of hydrogen-bond donors (Lipinski definition) is 2. The van der Waals surface area contributed by atoms with Crippen molar-refractivity contribution in [2.24, 2.45) is 0 Å². The number of fused-ring (bicyclic) bond motifs is 2. The number of H-pyrrole nitrogens is 1. The molecule has 7 nitrogen and oxygen atoms in total. The van der Waals surface area contributed by atoms with Crippen molar-refractivity contribution in [3.8, 4) is 0 Å². The number of aromatic nitrogens is 6. The fraction of sp³-hybridized carbons (Fsp3) is 0.0769. The van der Waals surface area contributed by atoms with Gasteiger partial charge in [0.1, 0.15) is 10.9 Å². The molecule has 3 heterocycles. The Morgan fingerprint density at radius 3 is 3.10 bits per heavy atom. The number of nitrogens with one attached hydrogen (secondary N) is 1. The summed E-state index contributed by atoms with van der Waals surface area (Å²) in [6.45, 7) is 1.90. The second-order valence-electron chi connectivity index (χ2n) is 4.59. The summed E-state index contributed by atoms with van der Waals surface area (Å²) in [6, 6.07) is 5.58. The van der Waals surface area contributed by atoms with Crippen LogP contribution in [0, 0.1) is 6.92 Å². The van der Waals surface area contributed by atoms with Gasteiger partial charge in [0.05, 0.1) is 11.0 Å². The molecule has 3 aromatic heterocycles. The van der Waals surface area contributed by atoms with Crippen molar-refractivity contribution < 1.29 is 0 Å². The lowest BCUT2D eigenvalue weighted by Gasteiger charge is -1.99. The molecule has 0 saturated heterocycles. The molecule has 4 rings (SSSR count). The number of aryl methyl sites for hydroxylation is 1. The van der Waals surface area contributed by atoms with Crippen LogP contribution in [0.5, 0.6) is 0 Å². The molecule has 0 aliphatic carbocycles. The minimum absolute atomic E-state index is 0.705. The highest BCUT2D eigenvalue weighted by Crippen LogP contribution is 2.28. The normalized spacial score (nSPS) is 11.5. The third-order valence-corrected chi connectivity index (χ3v) is 4.01. The number of imidazole rings is 1. The molecule has 0 radical (unpaired) electrons. The Morgan fingerprint density at radius 2 is 2.19 bits per heavy atom. The first-order valence-electron chi connectivity index (χ1n) is 6.30. The first-order valence-corrected chi connectivity index (χ1v) is 7.12. The molecule has 3 N–H and O–H groups in total. The molecule has 4 aromatic rings. The van der Waals surface area contributed by atoms with Crippen molar-refractivity contribution in [3.05, 3.63) is 36.4 Å². The molecule has 0 spiro atoms. The fourth-order valence-corrected chi connectivity index (χ4v) is 2.97. The largest absolute Gasteiger partial charge is 0.399 e. The Bertz CT molecular complexity index is 956. The van der Waals surface area contributed by atoms with Crippen LogP contribution in [0.25, 0.3) is 16.7 Å². The zero-order valence-corrected chi connectivity index (χ0v) is 11.9. The summed E-state index contributed by atoms with van der Waals surface area (Å²) in [5.74, 6) is 0.826. The molecule has 1 aromatic carbocycles. The van der Waals surface area contributed by atoms with E-state index in [-0.39, 0.29) is 0 Å². The molecule has 0 unspecified atom stereocenters. The Kier molecular flexibility index (Phi) is 2.58. The summed E-state index contributed by atoms with van der Waals surface area (Å²) in [4.78, 5) is 12.1. The number of nitrogens with zero attached hydrogens (tertiary/aromatic N) is 5. The van der Waals surface area contributed by atoms with Crippen LogP contribution in [0.4, 0.5) is 5.69 Å². The van der Waals surface area contributed by atoms with E-state index in [4.69, 9.17) is 5.73 Å². The van der Waals surface area contributed by atoms with Gasteiger partial charge >= 0.3 is 0 Å². The SMILES string of the molecule is Cc1nnc2c(Sc3nc4ccc(N)cc4[nH]3)nccn12. The van der Waals surface area contributed by atoms with Crippen LogP contribution in [-0.2, 0) is 0 Å². The molecule has 21 heavy (non-hydrogen) atoms. The predicted octanol–water partition coefficient (Wildman–Crippen LogP) is 2.04. The minimum atomic E-state index is 0.705. The number of benzene rings is 1. The second kappa shape index (κ2) is 4.45. The molecule has 8 heteroatoms. The van der Waals surface area contributed by atoms with E-state index in [1.807, 2.05) is 35.7 Å². The van der Waals surface area contributed by atoms with Crippen molar-refractivity contribution in [3.63, 3.8) is 0 Å². The van der Waals surface area contributed by atoms with Crippen molar-refractivity contribution in [1.29, 1.82) is 0 Å². The van der Waals surface area contributed by atoms with Crippen LogP contribution in [0.2, 0.25) is 0 Å². The van der Waals surface area contributed by atoms with E-state index in [0.29, 0.717) is 5.69 Å². The average molecular weight is 297 g/mol. The third-order valence-electron chi connectivity index (χ3n) is 3.14. The van der Waals surface area contributed by atoms with Gasteiger partial charge in [0.15, 0.2) is 10.8 Å². The van der Waals surface area contributed by atoms with Crippen molar-refractivity contribution in [2.45, 2.75) is 17.1 Å². The van der Waals surface area contributed by atoms with Crippen LogP contribution < -0.4 is 5.73 Å². The molecule has 0 fully saturated rings. The smallest absolute Gasteiger partial charge is 0.193 e. The zero-order chi connectivity index (χ0) is 14.4. The van der Waals surface area contributed by atoms with E-state index < -0.39 is 0 Å². The summed E-state index contributed by atoms with van der Waals surface area (Å²) in [6.07, 6.45) is 3.57. The summed E-state index contributed by atoms with van der Waals surface area (Å²) in [7, 11) is 0. The third kappa shape index (κ3) is 2.00. The van der Waals surface area contributed by atoms with Crippen LogP contribution in [0.1, 0.15) is 5.82 Å². The van der Waals surface area contributed by atoms with Gasteiger partial charge in [-0.1, -0.05) is 0 Å². The lowest BCUT2D eigenvalue weighted by Crippen LogP contribution is -1.92. The monoisotopic (exact) mass is 297 g/mol. The van der Waals surface area contributed by atoms with Gasteiger partial charge in [-0.25, -0.2) is 9.97 Å². The lowest BCUT2D eigenvalue weighted by molar-refractivity contribution is 0.983. The molecule has 0 amide bonds. The van der Waals surface area contributed by atoms with E-state index in [2.05, 4.69) is 25.1 Å². The molecule has 0 bridgehead atoms. The molecule has 104 valence electrons. The number of aromatic amines is 1. The highest BCUT2D eigenvalue weighted by Gasteiger charge is 2.12. The summed E-state index contributed by atoms with van der Waals surface area (Å²) in [5, 5.41) is 9.72. The first-order chi connectivity index (χ1) is 10.2. The van der Waals surface area contributed by atoms with Crippen LogP contribution in [0.15, 0.2) is 40.8 Å². The fourth-order valence-electron chi connectivity index (χ4n) is 2.13. The van der Waals surface area contributed by atoms with E-state index in [1.165, 1.54) is 11.8 Å². The number of hydrogen-bond acceptors (Lipinski definition) is 6. The quantitative estimate of drug-likeness (QED) is 0.549. The molecule has 0 atom stereocenters. The zero-order valence-electron chi connectivity index (χ0n) is 11.1. The summed E-state index contributed by atoms with van der Waals surface area (Å²) in [5.41, 5.74) is 8.98. The maximum absolute atomic E-state index is 5.77. The molecular weight excluding hydrogens is 286 g/mol. The van der Waals surface area contributed by atoms with Gasteiger partial charge < -0.3 is 10.7 Å². The second-order valence-corrected chi connectivity index (χ2v) is 5.57. The maximum atomic E-state index is 5.77. The van der Waals surface area contributed by atoms with Crippen LogP contribution in [0.3, 0.4) is 0 Å². The average Bonchev–Trinajstić information content (AvgIpc) is 3.03. The van der Waals surface area contributed by atoms with Gasteiger partial charge in [0.25, 0.3) is 0 Å². The maximum Gasteiger partial charge on any atom is 0.193 e. The Balaban J connectivity index is 1.79. The van der Waals surface area contributed by atoms with Gasteiger partial charge in [-0.3, -0.25) is 4.40 Å². The molecule has 0 saturated carbocycles. The highest BCUT2D eigenvalue weighted by atomic mass is 32.2. The number of nitrogen functional groups attached to an aromatic ring is 1. The van der Waals surface area contributed by atoms with Gasteiger partial charge in [-0.05, 0) is 36.9 Å². The van der Waals surface area contributed by atoms with Gasteiger partial charge in [0, 0.05) is 18.1 Å². The minimum Gasteiger partial charge on any atom is -0.399 e. The Hall–Kier alpha value is -2.61.